The zero-order valence-electron chi connectivity index (χ0n) is 26.7. The molecular weight excluding hydrogens is 622 g/mol. The van der Waals surface area contributed by atoms with Crippen molar-refractivity contribution < 1.29 is 48.4 Å². The Balaban J connectivity index is 0.000000152. The summed E-state index contributed by atoms with van der Waals surface area (Å²) in [6.45, 7) is 0. The van der Waals surface area contributed by atoms with E-state index in [1.54, 1.807) is 24.3 Å². The maximum Gasteiger partial charge on any atom is 0.309 e. The number of carboxylic acid groups (broad SMARTS) is 4. The summed E-state index contributed by atoms with van der Waals surface area (Å²) in [6, 6.07) is 12.4. The number of hydrogen-bond acceptors (Lipinski definition) is 4. The van der Waals surface area contributed by atoms with Gasteiger partial charge in [-0.2, -0.15) is 0 Å². The molecule has 8 bridgehead atoms. The number of hydrogen-bond donors (Lipinski definition) is 4. The summed E-state index contributed by atoms with van der Waals surface area (Å²) in [5, 5.41) is 38.7. The van der Waals surface area contributed by atoms with E-state index in [1.165, 1.54) is 24.3 Å². The van der Waals surface area contributed by atoms with Crippen LogP contribution in [0.5, 0.6) is 0 Å². The number of carboxylic acids is 4. The van der Waals surface area contributed by atoms with Gasteiger partial charge in [0.15, 0.2) is 0 Å². The van der Waals surface area contributed by atoms with Crippen molar-refractivity contribution in [2.45, 2.75) is 87.9 Å². The van der Waals surface area contributed by atoms with Gasteiger partial charge in [-0.3, -0.25) is 19.2 Å². The molecule has 0 aliphatic heterocycles. The van der Waals surface area contributed by atoms with Gasteiger partial charge in [0, 0.05) is 10.8 Å². The maximum absolute atomic E-state index is 13.4. The summed E-state index contributed by atoms with van der Waals surface area (Å²) in [7, 11) is 0. The summed E-state index contributed by atoms with van der Waals surface area (Å²) < 4.78 is 26.7. The number of rotatable bonds is 8. The smallest absolute Gasteiger partial charge is 0.309 e. The van der Waals surface area contributed by atoms with Crippen LogP contribution in [0.2, 0.25) is 0 Å². The van der Waals surface area contributed by atoms with Gasteiger partial charge in [-0.1, -0.05) is 24.3 Å². The average Bonchev–Trinajstić information content (AvgIpc) is 3.01. The second-order valence-electron chi connectivity index (χ2n) is 16.1. The lowest BCUT2D eigenvalue weighted by Crippen LogP contribution is -2.61. The first-order valence-electron chi connectivity index (χ1n) is 17.1. The molecule has 0 aromatic heterocycles. The van der Waals surface area contributed by atoms with Crippen molar-refractivity contribution >= 4 is 23.9 Å². The van der Waals surface area contributed by atoms with E-state index in [4.69, 9.17) is 0 Å². The zero-order valence-corrected chi connectivity index (χ0v) is 26.7. The SMILES string of the molecule is O=C(O)CC1(c2ccc(F)cc2)C2CC3CC1CC(C(=O)O)(C3)C2.O=C(O)CC1(c2ccc(F)cc2)C2CC3CC1CC(C(=O)O)(C3)C2. The molecule has 0 heterocycles. The molecule has 10 heteroatoms. The van der Waals surface area contributed by atoms with Crippen LogP contribution in [0.1, 0.15) is 88.2 Å². The second kappa shape index (κ2) is 11.4. The summed E-state index contributed by atoms with van der Waals surface area (Å²) >= 11 is 0. The Kier molecular flexibility index (Phi) is 7.75. The van der Waals surface area contributed by atoms with Gasteiger partial charge in [-0.15, -0.1) is 0 Å². The highest BCUT2D eigenvalue weighted by Gasteiger charge is 2.66. The molecule has 4 unspecified atom stereocenters. The molecule has 0 spiro atoms. The molecule has 2 aromatic rings. The number of aliphatic carboxylic acids is 4. The Labute approximate surface area is 277 Å². The topological polar surface area (TPSA) is 149 Å². The van der Waals surface area contributed by atoms with Crippen LogP contribution in [-0.2, 0) is 30.0 Å². The predicted octanol–water partition coefficient (Wildman–Crippen LogP) is 6.90. The van der Waals surface area contributed by atoms with E-state index in [-0.39, 0.29) is 48.1 Å². The van der Waals surface area contributed by atoms with Gasteiger partial charge >= 0.3 is 23.9 Å². The van der Waals surface area contributed by atoms with Gasteiger partial charge in [0.2, 0.25) is 0 Å². The third-order valence-corrected chi connectivity index (χ3v) is 13.9. The van der Waals surface area contributed by atoms with Crippen molar-refractivity contribution in [1.82, 2.24) is 0 Å². The zero-order chi connectivity index (χ0) is 34.2. The van der Waals surface area contributed by atoms with Gasteiger partial charge in [0.1, 0.15) is 11.6 Å². The molecule has 8 aliphatic rings. The normalized spacial score (nSPS) is 39.8. The Bertz CT molecular complexity index is 1480. The summed E-state index contributed by atoms with van der Waals surface area (Å²) in [5.41, 5.74) is -0.761. The Morgan fingerprint density at radius 2 is 0.812 bits per heavy atom. The Hall–Kier alpha value is -3.82. The molecule has 8 fully saturated rings. The van der Waals surface area contributed by atoms with E-state index in [0.717, 1.165) is 49.7 Å². The fourth-order valence-corrected chi connectivity index (χ4v) is 12.5. The first-order valence-corrected chi connectivity index (χ1v) is 17.1. The van der Waals surface area contributed by atoms with E-state index >= 15 is 0 Å². The van der Waals surface area contributed by atoms with E-state index in [1.807, 2.05) is 0 Å². The average molecular weight is 665 g/mol. The standard InChI is InChI=1S/2C19H21FO4/c2*20-15-3-1-12(2-4-15)19(10-16(21)22)13-5-11-6-14(19)9-18(7-11,8-13)17(23)24/h2*1-4,11,13-14H,5-10H2,(H,21,22)(H,23,24). The van der Waals surface area contributed by atoms with Crippen LogP contribution in [0.3, 0.4) is 0 Å². The van der Waals surface area contributed by atoms with Crippen molar-refractivity contribution in [2.75, 3.05) is 0 Å². The van der Waals surface area contributed by atoms with E-state index < -0.39 is 45.5 Å². The van der Waals surface area contributed by atoms with E-state index in [9.17, 15) is 48.4 Å². The van der Waals surface area contributed by atoms with Crippen molar-refractivity contribution in [3.8, 4) is 0 Å². The van der Waals surface area contributed by atoms with Crippen LogP contribution in [0.25, 0.3) is 0 Å². The highest BCUT2D eigenvalue weighted by molar-refractivity contribution is 5.77. The largest absolute Gasteiger partial charge is 0.481 e. The van der Waals surface area contributed by atoms with Crippen LogP contribution in [0.4, 0.5) is 8.78 Å². The minimum absolute atomic E-state index is 0.00359. The molecule has 48 heavy (non-hydrogen) atoms. The number of carbonyl (C=O) groups is 4. The Morgan fingerprint density at radius 1 is 0.521 bits per heavy atom. The van der Waals surface area contributed by atoms with E-state index in [2.05, 4.69) is 0 Å². The van der Waals surface area contributed by atoms with Gasteiger partial charge in [0.25, 0.3) is 0 Å². The highest BCUT2D eigenvalue weighted by atomic mass is 19.1. The van der Waals surface area contributed by atoms with Gasteiger partial charge in [-0.25, -0.2) is 8.78 Å². The van der Waals surface area contributed by atoms with Crippen LogP contribution in [0.15, 0.2) is 48.5 Å². The molecule has 8 saturated carbocycles. The summed E-state index contributed by atoms with van der Waals surface area (Å²) in [5.74, 6) is -2.94. The quantitative estimate of drug-likeness (QED) is 0.238. The van der Waals surface area contributed by atoms with Crippen LogP contribution < -0.4 is 0 Å². The van der Waals surface area contributed by atoms with Gasteiger partial charge < -0.3 is 20.4 Å². The van der Waals surface area contributed by atoms with Crippen LogP contribution >= 0.6 is 0 Å². The Morgan fingerprint density at radius 3 is 1.06 bits per heavy atom. The molecule has 256 valence electrons. The predicted molar refractivity (Wildman–Crippen MR) is 168 cm³/mol. The fourth-order valence-electron chi connectivity index (χ4n) is 12.5. The second-order valence-corrected chi connectivity index (χ2v) is 16.1. The molecule has 10 rings (SSSR count). The van der Waals surface area contributed by atoms with Crippen molar-refractivity contribution in [2.24, 2.45) is 46.3 Å². The minimum Gasteiger partial charge on any atom is -0.481 e. The van der Waals surface area contributed by atoms with Crippen molar-refractivity contribution in [1.29, 1.82) is 0 Å². The highest BCUT2D eigenvalue weighted by Crippen LogP contribution is 2.69. The fraction of sp³-hybridized carbons (Fsp3) is 0.579. The maximum atomic E-state index is 13.4. The molecule has 4 atom stereocenters. The number of halogens is 2. The van der Waals surface area contributed by atoms with E-state index in [0.29, 0.717) is 37.5 Å². The van der Waals surface area contributed by atoms with Crippen molar-refractivity contribution in [3.63, 3.8) is 0 Å². The lowest BCUT2D eigenvalue weighted by Gasteiger charge is -2.64. The van der Waals surface area contributed by atoms with Gasteiger partial charge in [0.05, 0.1) is 23.7 Å². The molecular formula is C38H42F2O8. The molecule has 8 aliphatic carbocycles. The minimum atomic E-state index is -0.865. The molecule has 4 N–H and O–H groups in total. The molecule has 8 nitrogen and oxygen atoms in total. The molecule has 0 radical (unpaired) electrons. The molecule has 0 amide bonds. The lowest BCUT2D eigenvalue weighted by molar-refractivity contribution is -0.178. The monoisotopic (exact) mass is 664 g/mol. The third-order valence-electron chi connectivity index (χ3n) is 13.9. The van der Waals surface area contributed by atoms with Crippen LogP contribution in [0, 0.1) is 58.0 Å². The van der Waals surface area contributed by atoms with Crippen LogP contribution in [-0.4, -0.2) is 44.3 Å². The van der Waals surface area contributed by atoms with Crippen molar-refractivity contribution in [3.05, 3.63) is 71.3 Å². The molecule has 0 saturated heterocycles. The first-order chi connectivity index (χ1) is 22.7. The first kappa shape index (κ1) is 32.7. The molecule has 2 aromatic carbocycles. The lowest BCUT2D eigenvalue weighted by atomic mass is 9.39. The number of benzene rings is 2. The summed E-state index contributed by atoms with van der Waals surface area (Å²) in [6.07, 6.45) is 7.15. The third kappa shape index (κ3) is 4.95. The van der Waals surface area contributed by atoms with Gasteiger partial charge in [-0.05, 0) is 135 Å². The summed E-state index contributed by atoms with van der Waals surface area (Å²) in [4.78, 5) is 47.1.